The number of benzene rings is 1. The van der Waals surface area contributed by atoms with E-state index in [9.17, 15) is 0 Å². The molecule has 0 spiro atoms. The van der Waals surface area contributed by atoms with E-state index in [2.05, 4.69) is 17.6 Å². The summed E-state index contributed by atoms with van der Waals surface area (Å²) in [6, 6.07) is 8.10. The Labute approximate surface area is 71.0 Å². The van der Waals surface area contributed by atoms with Crippen LogP contribution in [0.4, 0.5) is 0 Å². The van der Waals surface area contributed by atoms with Gasteiger partial charge in [-0.25, -0.2) is 4.57 Å². The third kappa shape index (κ3) is 0.863. The summed E-state index contributed by atoms with van der Waals surface area (Å²) in [6.07, 6.45) is 1.91. The van der Waals surface area contributed by atoms with Crippen molar-refractivity contribution in [2.75, 3.05) is 5.84 Å². The molecule has 3 nitrogen and oxygen atoms in total. The molecular formula is C9H12N3+. The van der Waals surface area contributed by atoms with Crippen molar-refractivity contribution < 1.29 is 4.57 Å². The molecule has 0 bridgehead atoms. The molecule has 0 aliphatic carbocycles. The van der Waals surface area contributed by atoms with Crippen LogP contribution in [0.25, 0.3) is 11.0 Å². The van der Waals surface area contributed by atoms with Gasteiger partial charge >= 0.3 is 0 Å². The van der Waals surface area contributed by atoms with Crippen LogP contribution in [-0.2, 0) is 6.54 Å². The molecule has 1 aromatic carbocycles. The van der Waals surface area contributed by atoms with Crippen LogP contribution in [0.2, 0.25) is 0 Å². The third-order valence-corrected chi connectivity index (χ3v) is 2.07. The van der Waals surface area contributed by atoms with E-state index in [0.717, 1.165) is 12.1 Å². The lowest BCUT2D eigenvalue weighted by Gasteiger charge is -1.87. The van der Waals surface area contributed by atoms with Crippen molar-refractivity contribution in [3.8, 4) is 0 Å². The number of nitrogens with two attached hydrogens (primary N) is 1. The minimum absolute atomic E-state index is 0.949. The fourth-order valence-electron chi connectivity index (χ4n) is 1.45. The molecule has 1 heterocycles. The van der Waals surface area contributed by atoms with E-state index in [1.165, 1.54) is 5.52 Å². The smallest absolute Gasteiger partial charge is 0.268 e. The number of hydrogen-bond donors (Lipinski definition) is 1. The van der Waals surface area contributed by atoms with Gasteiger partial charge in [0, 0.05) is 0 Å². The minimum atomic E-state index is 0.949. The molecule has 0 radical (unpaired) electrons. The number of nitrogen functional groups attached to an aromatic ring is 1. The van der Waals surface area contributed by atoms with Crippen LogP contribution in [0.3, 0.4) is 0 Å². The highest BCUT2D eigenvalue weighted by molar-refractivity contribution is 5.71. The zero-order chi connectivity index (χ0) is 8.55. The van der Waals surface area contributed by atoms with E-state index >= 15 is 0 Å². The van der Waals surface area contributed by atoms with Crippen molar-refractivity contribution in [2.24, 2.45) is 0 Å². The van der Waals surface area contributed by atoms with E-state index in [1.54, 1.807) is 4.68 Å². The molecule has 0 saturated heterocycles. The lowest BCUT2D eigenvalue weighted by molar-refractivity contribution is -0.668. The zero-order valence-electron chi connectivity index (χ0n) is 7.07. The number of hydrogen-bond acceptors (Lipinski definition) is 1. The Bertz CT molecular complexity index is 403. The molecule has 2 N–H and O–H groups in total. The first kappa shape index (κ1) is 7.16. The van der Waals surface area contributed by atoms with Gasteiger partial charge < -0.3 is 0 Å². The monoisotopic (exact) mass is 162 g/mol. The van der Waals surface area contributed by atoms with Gasteiger partial charge in [-0.2, -0.15) is 0 Å². The molecule has 12 heavy (non-hydrogen) atoms. The SMILES string of the molecule is CC[n+]1cn(N)c2ccccc21. The topological polar surface area (TPSA) is 34.8 Å². The average Bonchev–Trinajstić information content (AvgIpc) is 2.44. The van der Waals surface area contributed by atoms with Crippen molar-refractivity contribution in [2.45, 2.75) is 13.5 Å². The maximum absolute atomic E-state index is 5.75. The first-order valence-electron chi connectivity index (χ1n) is 4.07. The summed E-state index contributed by atoms with van der Waals surface area (Å²) in [4.78, 5) is 0. The largest absolute Gasteiger partial charge is 0.269 e. The molecule has 0 aliphatic heterocycles. The summed E-state index contributed by atoms with van der Waals surface area (Å²) >= 11 is 0. The van der Waals surface area contributed by atoms with Crippen molar-refractivity contribution in [1.82, 2.24) is 4.68 Å². The molecule has 2 rings (SSSR count). The van der Waals surface area contributed by atoms with Crippen molar-refractivity contribution >= 4 is 11.0 Å². The number of rotatable bonds is 1. The van der Waals surface area contributed by atoms with Crippen molar-refractivity contribution in [3.63, 3.8) is 0 Å². The van der Waals surface area contributed by atoms with E-state index in [1.807, 2.05) is 24.5 Å². The highest BCUT2D eigenvalue weighted by Gasteiger charge is 2.10. The summed E-state index contributed by atoms with van der Waals surface area (Å²) in [7, 11) is 0. The Balaban J connectivity index is 2.82. The van der Waals surface area contributed by atoms with Gasteiger partial charge in [0.15, 0.2) is 11.0 Å². The van der Waals surface area contributed by atoms with Crippen LogP contribution in [0.5, 0.6) is 0 Å². The summed E-state index contributed by atoms with van der Waals surface area (Å²) < 4.78 is 3.77. The van der Waals surface area contributed by atoms with Crippen LogP contribution >= 0.6 is 0 Å². The van der Waals surface area contributed by atoms with Gasteiger partial charge in [-0.05, 0) is 19.1 Å². The number of imidazole rings is 1. The van der Waals surface area contributed by atoms with Crippen LogP contribution in [0, 0.1) is 0 Å². The molecule has 62 valence electrons. The van der Waals surface area contributed by atoms with Crippen LogP contribution < -0.4 is 10.4 Å². The molecule has 1 aromatic heterocycles. The summed E-state index contributed by atoms with van der Waals surface area (Å²) in [6.45, 7) is 3.05. The molecule has 2 aromatic rings. The molecule has 0 amide bonds. The van der Waals surface area contributed by atoms with Crippen LogP contribution in [0.15, 0.2) is 30.6 Å². The second-order valence-corrected chi connectivity index (χ2v) is 2.80. The fourth-order valence-corrected chi connectivity index (χ4v) is 1.45. The lowest BCUT2D eigenvalue weighted by Crippen LogP contribution is -2.30. The van der Waals surface area contributed by atoms with E-state index < -0.39 is 0 Å². The number of nitrogens with zero attached hydrogens (tertiary/aromatic N) is 2. The number of aromatic nitrogens is 2. The molecule has 3 heteroatoms. The molecular weight excluding hydrogens is 150 g/mol. The quantitative estimate of drug-likeness (QED) is 0.485. The van der Waals surface area contributed by atoms with E-state index in [4.69, 9.17) is 5.84 Å². The van der Waals surface area contributed by atoms with Gasteiger partial charge in [-0.1, -0.05) is 12.1 Å². The van der Waals surface area contributed by atoms with Gasteiger partial charge in [-0.3, -0.25) is 5.84 Å². The standard InChI is InChI=1S/C9H12N3/c1-2-11-7-12(10)9-6-4-3-5-8(9)11/h3-7H,2,10H2,1H3/q+1. The lowest BCUT2D eigenvalue weighted by atomic mass is 10.3. The predicted molar refractivity (Wildman–Crippen MR) is 48.0 cm³/mol. The Morgan fingerprint density at radius 2 is 2.17 bits per heavy atom. The first-order valence-corrected chi connectivity index (χ1v) is 4.07. The maximum atomic E-state index is 5.75. The van der Waals surface area contributed by atoms with Gasteiger partial charge in [-0.15, -0.1) is 4.68 Å². The molecule has 0 atom stereocenters. The highest BCUT2D eigenvalue weighted by atomic mass is 15.3. The minimum Gasteiger partial charge on any atom is -0.269 e. The number of para-hydroxylation sites is 2. The van der Waals surface area contributed by atoms with Gasteiger partial charge in [0.2, 0.25) is 0 Å². The summed E-state index contributed by atoms with van der Waals surface area (Å²) in [5.41, 5.74) is 2.25. The molecule has 0 unspecified atom stereocenters. The maximum Gasteiger partial charge on any atom is 0.268 e. The molecule has 0 fully saturated rings. The zero-order valence-corrected chi connectivity index (χ0v) is 7.07. The Morgan fingerprint density at radius 3 is 2.92 bits per heavy atom. The van der Waals surface area contributed by atoms with E-state index in [0.29, 0.717) is 0 Å². The number of fused-ring (bicyclic) bond motifs is 1. The summed E-state index contributed by atoms with van der Waals surface area (Å²) in [5, 5.41) is 0. The second kappa shape index (κ2) is 2.52. The Morgan fingerprint density at radius 1 is 1.42 bits per heavy atom. The predicted octanol–water partition coefficient (Wildman–Crippen LogP) is 0.663. The first-order chi connectivity index (χ1) is 5.83. The fraction of sp³-hybridized carbons (Fsp3) is 0.222. The Hall–Kier alpha value is -1.51. The normalized spacial score (nSPS) is 10.8. The van der Waals surface area contributed by atoms with E-state index in [-0.39, 0.29) is 0 Å². The highest BCUT2D eigenvalue weighted by Crippen LogP contribution is 2.06. The molecule has 0 aliphatic rings. The van der Waals surface area contributed by atoms with Crippen molar-refractivity contribution in [1.29, 1.82) is 0 Å². The van der Waals surface area contributed by atoms with Gasteiger partial charge in [0.1, 0.15) is 0 Å². The molecule has 0 saturated carbocycles. The third-order valence-electron chi connectivity index (χ3n) is 2.07. The summed E-state index contributed by atoms with van der Waals surface area (Å²) in [5.74, 6) is 5.75. The van der Waals surface area contributed by atoms with Gasteiger partial charge in [0.25, 0.3) is 6.33 Å². The number of aryl methyl sites for hydroxylation is 1. The van der Waals surface area contributed by atoms with Crippen LogP contribution in [0.1, 0.15) is 6.92 Å². The van der Waals surface area contributed by atoms with Gasteiger partial charge in [0.05, 0.1) is 6.54 Å². The second-order valence-electron chi connectivity index (χ2n) is 2.80. The van der Waals surface area contributed by atoms with Crippen LogP contribution in [-0.4, -0.2) is 4.68 Å². The average molecular weight is 162 g/mol. The van der Waals surface area contributed by atoms with Crippen molar-refractivity contribution in [3.05, 3.63) is 30.6 Å². The Kier molecular flexibility index (Phi) is 1.50.